The average Bonchev–Trinajstić information content (AvgIpc) is 3.26. The average molecular weight is 433 g/mol. The second-order valence-corrected chi connectivity index (χ2v) is 8.27. The molecule has 31 heavy (non-hydrogen) atoms. The van der Waals surface area contributed by atoms with E-state index in [0.717, 1.165) is 53.3 Å². The van der Waals surface area contributed by atoms with Crippen LogP contribution in [0.25, 0.3) is 5.70 Å². The summed E-state index contributed by atoms with van der Waals surface area (Å²) in [7, 11) is 0. The molecule has 0 radical (unpaired) electrons. The number of fused-ring (bicyclic) bond motifs is 3. The Kier molecular flexibility index (Phi) is 5.58. The number of benzene rings is 3. The van der Waals surface area contributed by atoms with Crippen molar-refractivity contribution in [1.29, 1.82) is 0 Å². The van der Waals surface area contributed by atoms with Gasteiger partial charge in [0.25, 0.3) is 0 Å². The molecule has 0 spiro atoms. The van der Waals surface area contributed by atoms with Crippen molar-refractivity contribution in [1.82, 2.24) is 10.4 Å². The highest BCUT2D eigenvalue weighted by atomic mass is 35.5. The molecule has 0 bridgehead atoms. The number of hydrogen-bond acceptors (Lipinski definition) is 4. The van der Waals surface area contributed by atoms with Crippen LogP contribution in [0.15, 0.2) is 78.9 Å². The molecule has 0 saturated carbocycles. The molecule has 2 atom stereocenters. The fourth-order valence-electron chi connectivity index (χ4n) is 4.02. The van der Waals surface area contributed by atoms with Crippen molar-refractivity contribution in [3.8, 4) is 11.5 Å². The summed E-state index contributed by atoms with van der Waals surface area (Å²) in [6, 6.07) is 24.4. The number of nitrogens with zero attached hydrogens (tertiary/aromatic N) is 1. The number of hydrogen-bond donors (Lipinski definition) is 1. The molecule has 1 N–H and O–H groups in total. The van der Waals surface area contributed by atoms with E-state index in [1.165, 1.54) is 0 Å². The van der Waals surface area contributed by atoms with Crippen LogP contribution in [0.4, 0.5) is 0 Å². The number of nitrogens with one attached hydrogen (secondary N) is 1. The van der Waals surface area contributed by atoms with Crippen molar-refractivity contribution in [2.75, 3.05) is 6.61 Å². The van der Waals surface area contributed by atoms with Gasteiger partial charge in [0.05, 0.1) is 18.3 Å². The molecule has 2 aliphatic heterocycles. The highest BCUT2D eigenvalue weighted by Gasteiger charge is 2.39. The molecule has 3 aromatic carbocycles. The van der Waals surface area contributed by atoms with Crippen LogP contribution >= 0.6 is 11.6 Å². The summed E-state index contributed by atoms with van der Waals surface area (Å²) in [6.07, 6.45) is 4.20. The fourth-order valence-corrected chi connectivity index (χ4v) is 4.15. The number of hydrazine groups is 1. The van der Waals surface area contributed by atoms with Crippen LogP contribution in [0.3, 0.4) is 0 Å². The van der Waals surface area contributed by atoms with Crippen molar-refractivity contribution in [3.05, 3.63) is 101 Å². The highest BCUT2D eigenvalue weighted by Crippen LogP contribution is 2.45. The van der Waals surface area contributed by atoms with Crippen LogP contribution in [0.5, 0.6) is 11.5 Å². The Morgan fingerprint density at radius 2 is 1.77 bits per heavy atom. The van der Waals surface area contributed by atoms with E-state index in [1.807, 2.05) is 48.5 Å². The lowest BCUT2D eigenvalue weighted by molar-refractivity contribution is -0.0326. The van der Waals surface area contributed by atoms with E-state index < -0.39 is 0 Å². The van der Waals surface area contributed by atoms with Crippen molar-refractivity contribution in [3.63, 3.8) is 0 Å². The number of rotatable bonds is 6. The van der Waals surface area contributed by atoms with Gasteiger partial charge in [-0.15, -0.1) is 0 Å². The second-order valence-electron chi connectivity index (χ2n) is 7.83. The third kappa shape index (κ3) is 4.01. The maximum atomic E-state index is 6.40. The summed E-state index contributed by atoms with van der Waals surface area (Å²) in [5.74, 6) is 1.81. The van der Waals surface area contributed by atoms with Gasteiger partial charge >= 0.3 is 0 Å². The van der Waals surface area contributed by atoms with E-state index in [4.69, 9.17) is 21.1 Å². The molecule has 5 heteroatoms. The molecule has 3 aromatic rings. The molecule has 0 saturated heterocycles. The van der Waals surface area contributed by atoms with E-state index >= 15 is 0 Å². The monoisotopic (exact) mass is 432 g/mol. The van der Waals surface area contributed by atoms with Gasteiger partial charge in [0.1, 0.15) is 11.5 Å². The Labute approximate surface area is 188 Å². The molecule has 0 aromatic heterocycles. The summed E-state index contributed by atoms with van der Waals surface area (Å²) in [4.78, 5) is 0. The second kappa shape index (κ2) is 8.66. The summed E-state index contributed by atoms with van der Waals surface area (Å²) in [6.45, 7) is 2.92. The van der Waals surface area contributed by atoms with Crippen molar-refractivity contribution in [2.24, 2.45) is 0 Å². The topological polar surface area (TPSA) is 33.7 Å². The first-order valence-corrected chi connectivity index (χ1v) is 11.1. The fraction of sp³-hybridized carbons (Fsp3) is 0.231. The van der Waals surface area contributed by atoms with E-state index in [-0.39, 0.29) is 12.3 Å². The van der Waals surface area contributed by atoms with E-state index in [1.54, 1.807) is 0 Å². The maximum absolute atomic E-state index is 6.40. The molecule has 0 amide bonds. The van der Waals surface area contributed by atoms with Gasteiger partial charge < -0.3 is 14.9 Å². The lowest BCUT2D eigenvalue weighted by atomic mass is 10.0. The van der Waals surface area contributed by atoms with Crippen molar-refractivity contribution < 1.29 is 9.47 Å². The maximum Gasteiger partial charge on any atom is 0.195 e. The Hall–Kier alpha value is -2.95. The minimum atomic E-state index is -0.262. The molecule has 2 heterocycles. The van der Waals surface area contributed by atoms with E-state index in [0.29, 0.717) is 5.02 Å². The molecular weight excluding hydrogens is 408 g/mol. The predicted octanol–water partition coefficient (Wildman–Crippen LogP) is 6.51. The SMILES string of the molecule is CCCCOc1ccc(C2=CC3c4ccccc4OC(c4ccc(Cl)cc4)N3N2)cc1. The number of unbranched alkanes of at least 4 members (excludes halogenated alkanes) is 1. The molecule has 2 aliphatic rings. The van der Waals surface area contributed by atoms with E-state index in [9.17, 15) is 0 Å². The van der Waals surface area contributed by atoms with Crippen molar-refractivity contribution >= 4 is 17.3 Å². The highest BCUT2D eigenvalue weighted by molar-refractivity contribution is 6.30. The normalized spacial score (nSPS) is 19.6. The Balaban J connectivity index is 1.44. The van der Waals surface area contributed by atoms with Crippen LogP contribution in [-0.4, -0.2) is 11.6 Å². The number of para-hydroxylation sites is 1. The van der Waals surface area contributed by atoms with Gasteiger partial charge in [0.15, 0.2) is 6.23 Å². The van der Waals surface area contributed by atoms with Crippen LogP contribution < -0.4 is 14.9 Å². The molecule has 5 rings (SSSR count). The predicted molar refractivity (Wildman–Crippen MR) is 124 cm³/mol. The minimum absolute atomic E-state index is 0.0705. The smallest absolute Gasteiger partial charge is 0.195 e. The van der Waals surface area contributed by atoms with Gasteiger partial charge in [-0.3, -0.25) is 0 Å². The lowest BCUT2D eigenvalue weighted by Gasteiger charge is -2.38. The van der Waals surface area contributed by atoms with Crippen LogP contribution in [-0.2, 0) is 0 Å². The quantitative estimate of drug-likeness (QED) is 0.450. The summed E-state index contributed by atoms with van der Waals surface area (Å²) < 4.78 is 12.2. The summed E-state index contributed by atoms with van der Waals surface area (Å²) in [5, 5.41) is 2.87. The summed E-state index contributed by atoms with van der Waals surface area (Å²) >= 11 is 6.11. The van der Waals surface area contributed by atoms with Gasteiger partial charge in [-0.05, 0) is 60.5 Å². The van der Waals surface area contributed by atoms with Crippen LogP contribution in [0.2, 0.25) is 5.02 Å². The van der Waals surface area contributed by atoms with Crippen LogP contribution in [0, 0.1) is 0 Å². The van der Waals surface area contributed by atoms with Gasteiger partial charge in [-0.25, -0.2) is 0 Å². The first-order chi connectivity index (χ1) is 15.2. The van der Waals surface area contributed by atoms with E-state index in [2.05, 4.69) is 47.7 Å². The van der Waals surface area contributed by atoms with Gasteiger partial charge in [0.2, 0.25) is 0 Å². The molecule has 158 valence electrons. The first-order valence-electron chi connectivity index (χ1n) is 10.7. The number of ether oxygens (including phenoxy) is 2. The number of halogens is 1. The third-order valence-corrected chi connectivity index (χ3v) is 5.94. The Bertz CT molecular complexity index is 1080. The Morgan fingerprint density at radius 3 is 2.55 bits per heavy atom. The van der Waals surface area contributed by atoms with Gasteiger partial charge in [-0.1, -0.05) is 55.3 Å². The van der Waals surface area contributed by atoms with Crippen molar-refractivity contribution in [2.45, 2.75) is 32.0 Å². The Morgan fingerprint density at radius 1 is 1.00 bits per heavy atom. The molecular formula is C26H25ClN2O2. The first kappa shape index (κ1) is 20.0. The standard InChI is InChI=1S/C26H25ClN2O2/c1-2-3-16-30-21-14-10-18(11-15-21)23-17-24-22-6-4-5-7-25(22)31-26(29(24)28-23)19-8-12-20(27)13-9-19/h4-15,17,24,26,28H,2-3,16H2,1H3. The van der Waals surface area contributed by atoms with Crippen LogP contribution in [0.1, 0.15) is 48.7 Å². The summed E-state index contributed by atoms with van der Waals surface area (Å²) in [5.41, 5.74) is 7.95. The largest absolute Gasteiger partial charge is 0.494 e. The zero-order valence-corrected chi connectivity index (χ0v) is 18.2. The van der Waals surface area contributed by atoms with Gasteiger partial charge in [0, 0.05) is 16.1 Å². The van der Waals surface area contributed by atoms with Gasteiger partial charge in [-0.2, -0.15) is 5.01 Å². The zero-order chi connectivity index (χ0) is 21.2. The zero-order valence-electron chi connectivity index (χ0n) is 17.4. The molecule has 0 fully saturated rings. The molecule has 0 aliphatic carbocycles. The molecule has 4 nitrogen and oxygen atoms in total. The molecule has 2 unspecified atom stereocenters. The minimum Gasteiger partial charge on any atom is -0.494 e. The third-order valence-electron chi connectivity index (χ3n) is 5.69. The lowest BCUT2D eigenvalue weighted by Crippen LogP contribution is -2.43.